The van der Waals surface area contributed by atoms with Gasteiger partial charge < -0.3 is 15.0 Å². The molecule has 1 rings (SSSR count). The lowest BCUT2D eigenvalue weighted by Crippen LogP contribution is -2.30. The maximum absolute atomic E-state index is 12.1. The minimum absolute atomic E-state index is 0.0423. The lowest BCUT2D eigenvalue weighted by atomic mass is 10.1. The fourth-order valence-electron chi connectivity index (χ4n) is 1.85. The summed E-state index contributed by atoms with van der Waals surface area (Å²) in [6, 6.07) is 1.24. The molecule has 0 aromatic carbocycles. The molecule has 0 aliphatic heterocycles. The van der Waals surface area contributed by atoms with E-state index in [0.29, 0.717) is 13.0 Å². The second kappa shape index (κ2) is 7.04. The van der Waals surface area contributed by atoms with Crippen molar-refractivity contribution in [1.82, 2.24) is 9.88 Å². The molecule has 0 spiro atoms. The second-order valence-electron chi connectivity index (χ2n) is 5.17. The van der Waals surface area contributed by atoms with Crippen LogP contribution in [0.2, 0.25) is 0 Å². The van der Waals surface area contributed by atoms with Crippen LogP contribution in [0, 0.1) is 16.0 Å². The first-order valence-electron chi connectivity index (χ1n) is 6.62. The van der Waals surface area contributed by atoms with Gasteiger partial charge in [0.05, 0.1) is 11.1 Å². The van der Waals surface area contributed by atoms with Gasteiger partial charge in [-0.3, -0.25) is 14.9 Å². The minimum atomic E-state index is -0.510. The summed E-state index contributed by atoms with van der Waals surface area (Å²) in [6.45, 7) is 6.13. The van der Waals surface area contributed by atoms with Crippen LogP contribution in [-0.2, 0) is 0 Å². The van der Waals surface area contributed by atoms with E-state index in [2.05, 4.69) is 5.32 Å². The van der Waals surface area contributed by atoms with Crippen LogP contribution in [0.1, 0.15) is 43.7 Å². The molecule has 7 nitrogen and oxygen atoms in total. The van der Waals surface area contributed by atoms with Crippen LogP contribution in [-0.4, -0.2) is 33.7 Å². The molecule has 0 aliphatic rings. The lowest BCUT2D eigenvalue weighted by Gasteiger charge is -2.14. The summed E-state index contributed by atoms with van der Waals surface area (Å²) >= 11 is 0. The van der Waals surface area contributed by atoms with Crippen molar-refractivity contribution < 1.29 is 14.8 Å². The number of nitrogens with one attached hydrogen (secondary N) is 1. The third-order valence-corrected chi connectivity index (χ3v) is 3.07. The summed E-state index contributed by atoms with van der Waals surface area (Å²) in [7, 11) is 0. The number of hydrogen-bond acceptors (Lipinski definition) is 4. The van der Waals surface area contributed by atoms with E-state index in [9.17, 15) is 14.9 Å². The van der Waals surface area contributed by atoms with Gasteiger partial charge in [-0.1, -0.05) is 6.92 Å². The van der Waals surface area contributed by atoms with Crippen LogP contribution in [0.4, 0.5) is 5.69 Å². The number of aromatic nitrogens is 1. The Bertz CT molecular complexity index is 482. The quantitative estimate of drug-likeness (QED) is 0.588. The zero-order valence-electron chi connectivity index (χ0n) is 12.0. The summed E-state index contributed by atoms with van der Waals surface area (Å²) in [6.07, 6.45) is 1.97. The van der Waals surface area contributed by atoms with Gasteiger partial charge in [-0.25, -0.2) is 0 Å². The molecule has 1 unspecified atom stereocenters. The molecule has 1 aromatic rings. The molecule has 1 amide bonds. The minimum Gasteiger partial charge on any atom is -0.396 e. The predicted octanol–water partition coefficient (Wildman–Crippen LogP) is 1.73. The van der Waals surface area contributed by atoms with Gasteiger partial charge in [-0.05, 0) is 26.2 Å². The number of carbonyl (C=O) groups is 1. The van der Waals surface area contributed by atoms with Crippen LogP contribution in [0.3, 0.4) is 0 Å². The van der Waals surface area contributed by atoms with E-state index < -0.39 is 4.92 Å². The average molecular weight is 283 g/mol. The van der Waals surface area contributed by atoms with Crippen LogP contribution in [0.5, 0.6) is 0 Å². The van der Waals surface area contributed by atoms with Gasteiger partial charge in [-0.15, -0.1) is 0 Å². The predicted molar refractivity (Wildman–Crippen MR) is 74.7 cm³/mol. The number of rotatable bonds is 7. The number of nitro groups is 1. The van der Waals surface area contributed by atoms with Gasteiger partial charge in [-0.2, -0.15) is 0 Å². The summed E-state index contributed by atoms with van der Waals surface area (Å²) < 4.78 is 1.59. The maximum Gasteiger partial charge on any atom is 0.287 e. The lowest BCUT2D eigenvalue weighted by molar-refractivity contribution is -0.384. The van der Waals surface area contributed by atoms with Gasteiger partial charge in [0.25, 0.3) is 11.6 Å². The number of nitrogens with zero attached hydrogens (tertiary/aromatic N) is 2. The zero-order chi connectivity index (χ0) is 15.3. The number of hydrogen-bond donors (Lipinski definition) is 2. The van der Waals surface area contributed by atoms with Gasteiger partial charge in [0.2, 0.25) is 0 Å². The molecule has 112 valence electrons. The van der Waals surface area contributed by atoms with Gasteiger partial charge in [0.15, 0.2) is 0 Å². The molecular weight excluding hydrogens is 262 g/mol. The maximum atomic E-state index is 12.1. The SMILES string of the molecule is CC(CCO)CNC(=O)c1cc([N+](=O)[O-])cn1C(C)C. The van der Waals surface area contributed by atoms with Crippen molar-refractivity contribution in [2.24, 2.45) is 5.92 Å². The Morgan fingerprint density at radius 1 is 1.50 bits per heavy atom. The summed E-state index contributed by atoms with van der Waals surface area (Å²) in [5.41, 5.74) is 0.190. The molecule has 0 saturated carbocycles. The number of aliphatic hydroxyl groups is 1. The fraction of sp³-hybridized carbons (Fsp3) is 0.615. The normalized spacial score (nSPS) is 12.4. The number of amides is 1. The highest BCUT2D eigenvalue weighted by molar-refractivity contribution is 5.93. The molecule has 1 heterocycles. The number of carbonyl (C=O) groups excluding carboxylic acids is 1. The average Bonchev–Trinajstić information content (AvgIpc) is 2.81. The smallest absolute Gasteiger partial charge is 0.287 e. The van der Waals surface area contributed by atoms with E-state index in [1.54, 1.807) is 4.57 Å². The van der Waals surface area contributed by atoms with E-state index in [1.165, 1.54) is 12.3 Å². The third kappa shape index (κ3) is 4.06. The molecule has 0 saturated heterocycles. The van der Waals surface area contributed by atoms with Crippen LogP contribution in [0.25, 0.3) is 0 Å². The first-order chi connectivity index (χ1) is 9.36. The molecule has 20 heavy (non-hydrogen) atoms. The molecule has 0 fully saturated rings. The topological polar surface area (TPSA) is 97.4 Å². The van der Waals surface area contributed by atoms with E-state index >= 15 is 0 Å². The van der Waals surface area contributed by atoms with Crippen LogP contribution in [0.15, 0.2) is 12.3 Å². The molecule has 0 bridgehead atoms. The molecular formula is C13H21N3O4. The van der Waals surface area contributed by atoms with Gasteiger partial charge >= 0.3 is 0 Å². The number of aliphatic hydroxyl groups excluding tert-OH is 1. The Morgan fingerprint density at radius 2 is 2.15 bits per heavy atom. The van der Waals surface area contributed by atoms with E-state index in [-0.39, 0.29) is 35.9 Å². The summed E-state index contributed by atoms with van der Waals surface area (Å²) in [4.78, 5) is 22.4. The molecule has 0 radical (unpaired) electrons. The molecule has 7 heteroatoms. The summed E-state index contributed by atoms with van der Waals surface area (Å²) in [5, 5.41) is 22.3. The van der Waals surface area contributed by atoms with E-state index in [4.69, 9.17) is 5.11 Å². The van der Waals surface area contributed by atoms with E-state index in [1.807, 2.05) is 20.8 Å². The largest absolute Gasteiger partial charge is 0.396 e. The Morgan fingerprint density at radius 3 is 2.65 bits per heavy atom. The highest BCUT2D eigenvalue weighted by Crippen LogP contribution is 2.20. The van der Waals surface area contributed by atoms with Crippen LogP contribution < -0.4 is 5.32 Å². The molecule has 1 aromatic heterocycles. The van der Waals surface area contributed by atoms with Crippen LogP contribution >= 0.6 is 0 Å². The van der Waals surface area contributed by atoms with Gasteiger partial charge in [0, 0.05) is 25.3 Å². The van der Waals surface area contributed by atoms with E-state index in [0.717, 1.165) is 0 Å². The Balaban J connectivity index is 2.83. The second-order valence-corrected chi connectivity index (χ2v) is 5.17. The van der Waals surface area contributed by atoms with Crippen molar-refractivity contribution in [3.63, 3.8) is 0 Å². The highest BCUT2D eigenvalue weighted by atomic mass is 16.6. The Hall–Kier alpha value is -1.89. The third-order valence-electron chi connectivity index (χ3n) is 3.07. The van der Waals surface area contributed by atoms with Crippen molar-refractivity contribution in [2.45, 2.75) is 33.2 Å². The van der Waals surface area contributed by atoms with Crippen molar-refractivity contribution >= 4 is 11.6 Å². The monoisotopic (exact) mass is 283 g/mol. The standard InChI is InChI=1S/C13H21N3O4/c1-9(2)15-8-11(16(19)20)6-12(15)13(18)14-7-10(3)4-5-17/h6,8-10,17H,4-5,7H2,1-3H3,(H,14,18). The molecule has 2 N–H and O–H groups in total. The Kier molecular flexibility index (Phi) is 5.69. The van der Waals surface area contributed by atoms with Crippen molar-refractivity contribution in [3.05, 3.63) is 28.1 Å². The first-order valence-corrected chi connectivity index (χ1v) is 6.62. The fourth-order valence-corrected chi connectivity index (χ4v) is 1.85. The molecule has 1 atom stereocenters. The molecule has 0 aliphatic carbocycles. The van der Waals surface area contributed by atoms with Crippen molar-refractivity contribution in [2.75, 3.05) is 13.2 Å². The zero-order valence-corrected chi connectivity index (χ0v) is 12.0. The van der Waals surface area contributed by atoms with Gasteiger partial charge in [0.1, 0.15) is 5.69 Å². The van der Waals surface area contributed by atoms with Crippen molar-refractivity contribution in [3.8, 4) is 0 Å². The van der Waals surface area contributed by atoms with Crippen molar-refractivity contribution in [1.29, 1.82) is 0 Å². The highest BCUT2D eigenvalue weighted by Gasteiger charge is 2.20. The summed E-state index contributed by atoms with van der Waals surface area (Å²) in [5.74, 6) is -0.182. The first kappa shape index (κ1) is 16.2. The Labute approximate surface area is 117 Å².